The van der Waals surface area contributed by atoms with Crippen LogP contribution < -0.4 is 31.2 Å². The number of amides is 4. The molecule has 0 aliphatic carbocycles. The molecule has 0 unspecified atom stereocenters. The monoisotopic (exact) mass is 784 g/mol. The molecule has 2 aliphatic heterocycles. The minimum atomic E-state index is -0.322. The van der Waals surface area contributed by atoms with Gasteiger partial charge in [0.15, 0.2) is 11.5 Å². The zero-order chi connectivity index (χ0) is 40.8. The van der Waals surface area contributed by atoms with E-state index in [9.17, 15) is 19.2 Å². The summed E-state index contributed by atoms with van der Waals surface area (Å²) in [6.45, 7) is 1.14. The lowest BCUT2D eigenvalue weighted by molar-refractivity contribution is -0.116. The van der Waals surface area contributed by atoms with Crippen molar-refractivity contribution in [2.24, 2.45) is 19.1 Å². The molecule has 5 N–H and O–H groups in total. The Morgan fingerprint density at radius 3 is 2.19 bits per heavy atom. The Morgan fingerprint density at radius 2 is 1.47 bits per heavy atom. The summed E-state index contributed by atoms with van der Waals surface area (Å²) < 4.78 is 15.0. The van der Waals surface area contributed by atoms with Crippen molar-refractivity contribution in [3.05, 3.63) is 102 Å². The van der Waals surface area contributed by atoms with Gasteiger partial charge in [0.1, 0.15) is 11.4 Å². The summed E-state index contributed by atoms with van der Waals surface area (Å²) in [5.74, 6) is 0.281. The van der Waals surface area contributed by atoms with Gasteiger partial charge in [-0.3, -0.25) is 24.2 Å². The van der Waals surface area contributed by atoms with Crippen LogP contribution in [0.4, 0.5) is 28.4 Å². The lowest BCUT2D eigenvalue weighted by atomic mass is 10.0. The van der Waals surface area contributed by atoms with Gasteiger partial charge in [0.05, 0.1) is 36.7 Å². The van der Waals surface area contributed by atoms with Crippen LogP contribution in [0.25, 0.3) is 11.1 Å². The summed E-state index contributed by atoms with van der Waals surface area (Å²) in [6.07, 6.45) is 10.9. The Bertz CT molecular complexity index is 2340. The highest BCUT2D eigenvalue weighted by molar-refractivity contribution is 6.06. The van der Waals surface area contributed by atoms with Crippen LogP contribution in [0.15, 0.2) is 90.2 Å². The van der Waals surface area contributed by atoms with Crippen LogP contribution >= 0.6 is 0 Å². The minimum absolute atomic E-state index is 0.0167. The van der Waals surface area contributed by atoms with Crippen LogP contribution in [-0.2, 0) is 18.9 Å². The molecule has 3 aromatic carbocycles. The number of carbonyl (C=O) groups excluding carboxylic acids is 4. The number of rotatable bonds is 14. The van der Waals surface area contributed by atoms with Gasteiger partial charge in [-0.1, -0.05) is 12.1 Å². The third-order valence-electron chi connectivity index (χ3n) is 10.4. The van der Waals surface area contributed by atoms with Crippen LogP contribution in [0.3, 0.4) is 0 Å². The Labute approximate surface area is 337 Å². The first kappa shape index (κ1) is 39.4. The summed E-state index contributed by atoms with van der Waals surface area (Å²) in [5, 5.41) is 8.70. The first-order chi connectivity index (χ1) is 28.1. The second kappa shape index (κ2) is 17.5. The van der Waals surface area contributed by atoms with Crippen molar-refractivity contribution >= 4 is 58.3 Å². The predicted octanol–water partition coefficient (Wildman–Crippen LogP) is 7.41. The molecule has 0 spiro atoms. The molecule has 5 aromatic rings. The SMILES string of the molecule is COc1cc2c(cc1OCCCCCC(=O)Nc1cc(C(=O)Nc3ccc(-c4cc(C(=O)Nc5ccc(N)cc5)n(C)c4)cc3)n(C)c1)N=C[C@@H]1CCCCN1C2=O. The van der Waals surface area contributed by atoms with E-state index in [4.69, 9.17) is 15.2 Å². The number of nitrogens with zero attached hydrogens (tertiary/aromatic N) is 4. The summed E-state index contributed by atoms with van der Waals surface area (Å²) in [5.41, 5.74) is 11.9. The summed E-state index contributed by atoms with van der Waals surface area (Å²) in [7, 11) is 5.11. The van der Waals surface area contributed by atoms with E-state index in [2.05, 4.69) is 20.9 Å². The molecule has 0 radical (unpaired) electrons. The number of aromatic nitrogens is 2. The van der Waals surface area contributed by atoms with Crippen molar-refractivity contribution in [2.75, 3.05) is 41.9 Å². The number of ether oxygens (including phenoxy) is 2. The van der Waals surface area contributed by atoms with Gasteiger partial charge in [-0.05, 0) is 98.7 Å². The van der Waals surface area contributed by atoms with E-state index in [0.29, 0.717) is 76.3 Å². The van der Waals surface area contributed by atoms with Crippen LogP contribution in [0, 0.1) is 0 Å². The smallest absolute Gasteiger partial charge is 0.272 e. The predicted molar refractivity (Wildman–Crippen MR) is 225 cm³/mol. The number of methoxy groups -OCH3 is 1. The largest absolute Gasteiger partial charge is 0.493 e. The summed E-state index contributed by atoms with van der Waals surface area (Å²) in [4.78, 5) is 58.7. The second-order valence-electron chi connectivity index (χ2n) is 14.6. The maximum absolute atomic E-state index is 13.3. The van der Waals surface area contributed by atoms with Crippen LogP contribution in [0.1, 0.15) is 76.3 Å². The van der Waals surface area contributed by atoms with E-state index in [1.165, 1.54) is 0 Å². The van der Waals surface area contributed by atoms with Gasteiger partial charge in [0, 0.05) is 74.4 Å². The second-order valence-corrected chi connectivity index (χ2v) is 14.6. The van der Waals surface area contributed by atoms with Crippen molar-refractivity contribution in [1.82, 2.24) is 14.0 Å². The van der Waals surface area contributed by atoms with E-state index in [0.717, 1.165) is 49.8 Å². The van der Waals surface area contributed by atoms with Gasteiger partial charge in [-0.25, -0.2) is 0 Å². The molecule has 1 fully saturated rings. The molecule has 2 aliphatic rings. The standard InChI is InChI=1S/C44H48N8O6/c1-50-26-29(21-37(50)42(54)49-32-17-13-30(45)14-18-32)28-11-15-31(16-12-28)48-43(55)38-22-33(27-51(38)2)47-41(53)10-5-4-8-20-58-40-24-36-35(23-39(40)57-3)44(56)52-19-7-6-9-34(52)25-46-36/h11-18,21-27,34H,4-10,19-20,45H2,1-3H3,(H,47,53)(H,48,55)(H,49,54)/t34-/m0/s1. The number of aliphatic imine (C=N–C) groups is 1. The Morgan fingerprint density at radius 1 is 0.776 bits per heavy atom. The Kier molecular flexibility index (Phi) is 11.9. The van der Waals surface area contributed by atoms with Crippen LogP contribution in [0.5, 0.6) is 11.5 Å². The highest BCUT2D eigenvalue weighted by atomic mass is 16.5. The molecule has 1 atom stereocenters. The van der Waals surface area contributed by atoms with Crippen molar-refractivity contribution < 1.29 is 28.7 Å². The highest BCUT2D eigenvalue weighted by Crippen LogP contribution is 2.38. The lowest BCUT2D eigenvalue weighted by Gasteiger charge is -2.32. The molecule has 1 saturated heterocycles. The zero-order valence-corrected chi connectivity index (χ0v) is 32.9. The maximum atomic E-state index is 13.3. The summed E-state index contributed by atoms with van der Waals surface area (Å²) >= 11 is 0. The number of hydrogen-bond donors (Lipinski definition) is 4. The number of fused-ring (bicyclic) bond motifs is 2. The zero-order valence-electron chi connectivity index (χ0n) is 32.9. The molecule has 2 aromatic heterocycles. The molecular formula is C44H48N8O6. The van der Waals surface area contributed by atoms with Gasteiger partial charge in [-0.15, -0.1) is 0 Å². The molecule has 0 bridgehead atoms. The Hall–Kier alpha value is -6.83. The minimum Gasteiger partial charge on any atom is -0.493 e. The van der Waals surface area contributed by atoms with Crippen molar-refractivity contribution in [3.63, 3.8) is 0 Å². The van der Waals surface area contributed by atoms with E-state index < -0.39 is 0 Å². The average Bonchev–Trinajstić information content (AvgIpc) is 3.76. The van der Waals surface area contributed by atoms with Crippen LogP contribution in [-0.4, -0.2) is 70.2 Å². The fourth-order valence-corrected chi connectivity index (χ4v) is 7.26. The van der Waals surface area contributed by atoms with Gasteiger partial charge in [0.25, 0.3) is 17.7 Å². The van der Waals surface area contributed by atoms with Crippen molar-refractivity contribution in [2.45, 2.75) is 51.0 Å². The normalized spacial score (nSPS) is 14.6. The lowest BCUT2D eigenvalue weighted by Crippen LogP contribution is -2.43. The number of hydrogen-bond acceptors (Lipinski definition) is 8. The highest BCUT2D eigenvalue weighted by Gasteiger charge is 2.31. The molecule has 14 heteroatoms. The molecule has 300 valence electrons. The van der Waals surface area contributed by atoms with E-state index >= 15 is 0 Å². The molecule has 4 heterocycles. The van der Waals surface area contributed by atoms with Crippen LogP contribution in [0.2, 0.25) is 0 Å². The van der Waals surface area contributed by atoms with E-state index in [1.54, 1.807) is 84.1 Å². The topological polar surface area (TPSA) is 174 Å². The first-order valence-corrected chi connectivity index (χ1v) is 19.5. The number of aryl methyl sites for hydroxylation is 2. The van der Waals surface area contributed by atoms with Gasteiger partial charge >= 0.3 is 0 Å². The van der Waals surface area contributed by atoms with Gasteiger partial charge in [-0.2, -0.15) is 0 Å². The van der Waals surface area contributed by atoms with Gasteiger partial charge in [0.2, 0.25) is 5.91 Å². The quantitative estimate of drug-likeness (QED) is 0.0670. The molecule has 58 heavy (non-hydrogen) atoms. The number of piperidine rings is 1. The molecule has 7 rings (SSSR count). The number of nitrogens with two attached hydrogens (primary N) is 1. The van der Waals surface area contributed by atoms with E-state index in [1.807, 2.05) is 42.6 Å². The number of nitrogen functional groups attached to an aromatic ring is 1. The van der Waals surface area contributed by atoms with Crippen molar-refractivity contribution in [1.29, 1.82) is 0 Å². The molecule has 4 amide bonds. The Balaban J connectivity index is 0.853. The maximum Gasteiger partial charge on any atom is 0.272 e. The van der Waals surface area contributed by atoms with E-state index in [-0.39, 0.29) is 29.7 Å². The first-order valence-electron chi connectivity index (χ1n) is 19.5. The number of unbranched alkanes of at least 4 members (excludes halogenated alkanes) is 2. The number of benzene rings is 3. The fraction of sp³-hybridized carbons (Fsp3) is 0.295. The number of anilines is 4. The fourth-order valence-electron chi connectivity index (χ4n) is 7.26. The molecule has 14 nitrogen and oxygen atoms in total. The number of carbonyl (C=O) groups is 4. The summed E-state index contributed by atoms with van der Waals surface area (Å²) in [6, 6.07) is 21.3. The third kappa shape index (κ3) is 9.07. The number of nitrogens with one attached hydrogen (secondary N) is 3. The van der Waals surface area contributed by atoms with Crippen molar-refractivity contribution in [3.8, 4) is 22.6 Å². The molecular weight excluding hydrogens is 737 g/mol. The third-order valence-corrected chi connectivity index (χ3v) is 10.4. The molecule has 0 saturated carbocycles. The average molecular weight is 785 g/mol. The van der Waals surface area contributed by atoms with Gasteiger partial charge < -0.3 is 45.2 Å².